The lowest BCUT2D eigenvalue weighted by molar-refractivity contribution is -0.870. The Kier molecular flexibility index (Phi) is 59.3. The molecule has 0 heterocycles. The van der Waals surface area contributed by atoms with Crippen LogP contribution in [0.2, 0.25) is 0 Å². The fourth-order valence-electron chi connectivity index (χ4n) is 7.67. The van der Waals surface area contributed by atoms with E-state index < -0.39 is 24.3 Å². The van der Waals surface area contributed by atoms with Gasteiger partial charge in [0.2, 0.25) is 0 Å². The second-order valence-corrected chi connectivity index (χ2v) is 21.6. The average Bonchev–Trinajstić information content (AvgIpc) is 3.49. The Morgan fingerprint density at radius 2 is 0.635 bits per heavy atom. The summed E-state index contributed by atoms with van der Waals surface area (Å²) >= 11 is 0. The van der Waals surface area contributed by atoms with Crippen molar-refractivity contribution in [3.63, 3.8) is 0 Å². The van der Waals surface area contributed by atoms with Crippen LogP contribution in [0.25, 0.3) is 0 Å². The fourth-order valence-corrected chi connectivity index (χ4v) is 7.67. The second kappa shape index (κ2) is 63.9. The van der Waals surface area contributed by atoms with E-state index in [2.05, 4.69) is 220 Å². The van der Waals surface area contributed by atoms with Crippen molar-refractivity contribution in [3.05, 3.63) is 207 Å². The number of unbranched alkanes of at least 4 members (excludes halogenated alkanes) is 7. The Hall–Kier alpha value is -6.13. The molecule has 0 aliphatic carbocycles. The predicted molar refractivity (Wildman–Crippen MR) is 363 cm³/mol. The Balaban J connectivity index is 4.36. The highest BCUT2D eigenvalue weighted by Crippen LogP contribution is 2.12. The third-order valence-electron chi connectivity index (χ3n) is 12.5. The van der Waals surface area contributed by atoms with Crippen molar-refractivity contribution in [1.82, 2.24) is 0 Å². The minimum absolute atomic E-state index is 0.163. The number of hydrogen-bond donors (Lipinski definition) is 1. The molecule has 0 aliphatic heterocycles. The zero-order valence-electron chi connectivity index (χ0n) is 53.7. The normalized spacial score (nSPS) is 14.1. The predicted octanol–water partition coefficient (Wildman–Crippen LogP) is 20.0. The molecule has 0 aliphatic rings. The number of aliphatic carboxylic acids is 1. The van der Waals surface area contributed by atoms with Gasteiger partial charge in [0, 0.05) is 12.8 Å². The van der Waals surface area contributed by atoms with Crippen molar-refractivity contribution >= 4 is 17.9 Å². The number of esters is 2. The summed E-state index contributed by atoms with van der Waals surface area (Å²) in [6, 6.07) is 0. The van der Waals surface area contributed by atoms with Gasteiger partial charge in [-0.1, -0.05) is 240 Å². The number of quaternary nitrogens is 1. The first-order valence-corrected chi connectivity index (χ1v) is 32.2. The minimum Gasteiger partial charge on any atom is -0.477 e. The summed E-state index contributed by atoms with van der Waals surface area (Å²) in [5, 5.41) is 9.72. The summed E-state index contributed by atoms with van der Waals surface area (Å²) in [5.41, 5.74) is 0. The Bertz CT molecular complexity index is 2140. The minimum atomic E-state index is -1.54. The van der Waals surface area contributed by atoms with Crippen LogP contribution in [0.4, 0.5) is 0 Å². The molecule has 0 aromatic rings. The first-order valence-electron chi connectivity index (χ1n) is 32.2. The smallest absolute Gasteiger partial charge is 0.361 e. The summed E-state index contributed by atoms with van der Waals surface area (Å²) in [7, 11) is 5.93. The van der Waals surface area contributed by atoms with E-state index in [-0.39, 0.29) is 38.6 Å². The van der Waals surface area contributed by atoms with Crippen molar-refractivity contribution in [2.75, 3.05) is 47.5 Å². The molecule has 0 aromatic carbocycles. The molecule has 0 saturated carbocycles. The van der Waals surface area contributed by atoms with Crippen LogP contribution in [0.15, 0.2) is 207 Å². The summed E-state index contributed by atoms with van der Waals surface area (Å²) in [6.07, 6.45) is 97.8. The molecule has 0 radical (unpaired) electrons. The maximum Gasteiger partial charge on any atom is 0.361 e. The lowest BCUT2D eigenvalue weighted by atomic mass is 10.1. The van der Waals surface area contributed by atoms with Gasteiger partial charge in [-0.2, -0.15) is 0 Å². The molecule has 0 rings (SSSR count). The van der Waals surface area contributed by atoms with Crippen molar-refractivity contribution in [2.45, 2.75) is 206 Å². The number of ether oxygens (including phenoxy) is 4. The highest BCUT2D eigenvalue weighted by molar-refractivity contribution is 5.71. The quantitative estimate of drug-likeness (QED) is 0.0211. The van der Waals surface area contributed by atoms with Gasteiger partial charge in [-0.15, -0.1) is 0 Å². The van der Waals surface area contributed by atoms with Crippen LogP contribution < -0.4 is 0 Å². The van der Waals surface area contributed by atoms with E-state index in [1.165, 1.54) is 0 Å². The summed E-state index contributed by atoms with van der Waals surface area (Å²) in [4.78, 5) is 37.5. The molecule has 0 amide bonds. The first kappa shape index (κ1) is 78.9. The molecule has 0 bridgehead atoms. The lowest BCUT2D eigenvalue weighted by Crippen LogP contribution is -2.40. The number of nitrogens with zero attached hydrogens (tertiary/aromatic N) is 1. The molecule has 9 heteroatoms. The van der Waals surface area contributed by atoms with E-state index in [9.17, 15) is 19.5 Å². The molecule has 0 fully saturated rings. The largest absolute Gasteiger partial charge is 0.477 e. The molecule has 0 saturated heterocycles. The lowest BCUT2D eigenvalue weighted by Gasteiger charge is -2.25. The van der Waals surface area contributed by atoms with Gasteiger partial charge in [0.15, 0.2) is 6.10 Å². The number of carboxylic acid groups (broad SMARTS) is 1. The maximum absolute atomic E-state index is 12.9. The zero-order valence-corrected chi connectivity index (χ0v) is 53.7. The maximum atomic E-state index is 12.9. The molecule has 0 spiro atoms. The third kappa shape index (κ3) is 65.3. The first-order chi connectivity index (χ1) is 41.6. The molecule has 2 unspecified atom stereocenters. The average molecular weight is 1170 g/mol. The highest BCUT2D eigenvalue weighted by atomic mass is 16.7. The van der Waals surface area contributed by atoms with Gasteiger partial charge in [0.25, 0.3) is 6.29 Å². The molecular formula is C76H116NO8+. The standard InChI is InChI=1S/C76H115NO8/c1-6-8-10-12-14-16-18-20-22-24-26-28-29-30-31-32-33-34-35-36-37-38-39-40-41-42-43-44-45-47-49-51-53-55-57-59-61-63-65-67-74(79)85-72(71-84-76(75(80)81)82-69-68-77(3,4)5)70-83-73(78)66-64-62-60-58-56-54-52-50-48-46-27-25-23-21-19-17-15-13-11-9-7-2/h8-11,14-17,20-23,26-28,30-31,33-34,36-37,39-40,42-43,45-47,50-53,57,59,72,76H,6-7,12-13,18-19,24-25,29,32,35,38,41,44,48-49,54-56,58,60-71H2,1-5H3/p+1/b10-8-,11-9-,16-14-,17-15-,22-20-,23-21-,28-26-,31-30-,34-33-,37-36-,40-39-,43-42-,46-27-,47-45-,52-50-,53-51-,59-57-. The number of likely N-dealkylation sites (N-methyl/N-ethyl adjacent to an activating group) is 1. The van der Waals surface area contributed by atoms with Gasteiger partial charge < -0.3 is 28.5 Å². The number of carbonyl (C=O) groups excluding carboxylic acids is 2. The van der Waals surface area contributed by atoms with E-state index in [4.69, 9.17) is 18.9 Å². The van der Waals surface area contributed by atoms with E-state index in [0.717, 1.165) is 154 Å². The number of carbonyl (C=O) groups is 3. The van der Waals surface area contributed by atoms with Crippen molar-refractivity contribution in [3.8, 4) is 0 Å². The third-order valence-corrected chi connectivity index (χ3v) is 12.5. The van der Waals surface area contributed by atoms with Crippen LogP contribution >= 0.6 is 0 Å². The van der Waals surface area contributed by atoms with E-state index in [1.54, 1.807) is 0 Å². The van der Waals surface area contributed by atoms with Crippen LogP contribution in [0.1, 0.15) is 194 Å². The molecular weight excluding hydrogens is 1050 g/mol. The molecule has 2 atom stereocenters. The van der Waals surface area contributed by atoms with Crippen LogP contribution in [-0.4, -0.2) is 87.4 Å². The second-order valence-electron chi connectivity index (χ2n) is 21.6. The van der Waals surface area contributed by atoms with E-state index in [0.29, 0.717) is 23.9 Å². The van der Waals surface area contributed by atoms with E-state index in [1.807, 2.05) is 21.1 Å². The van der Waals surface area contributed by atoms with Gasteiger partial charge in [-0.3, -0.25) is 9.59 Å². The number of allylic oxidation sites excluding steroid dienone is 34. The molecule has 0 aromatic heterocycles. The summed E-state index contributed by atoms with van der Waals surface area (Å²) in [5.74, 6) is -2.12. The molecule has 85 heavy (non-hydrogen) atoms. The monoisotopic (exact) mass is 1170 g/mol. The topological polar surface area (TPSA) is 108 Å². The molecule has 472 valence electrons. The summed E-state index contributed by atoms with van der Waals surface area (Å²) < 4.78 is 22.8. The van der Waals surface area contributed by atoms with Gasteiger partial charge >= 0.3 is 17.9 Å². The van der Waals surface area contributed by atoms with Crippen molar-refractivity contribution < 1.29 is 42.9 Å². The van der Waals surface area contributed by atoms with Gasteiger partial charge in [0.1, 0.15) is 13.2 Å². The van der Waals surface area contributed by atoms with Crippen LogP contribution in [-0.2, 0) is 33.3 Å². The Morgan fingerprint density at radius 1 is 0.353 bits per heavy atom. The molecule has 9 nitrogen and oxygen atoms in total. The zero-order chi connectivity index (χ0) is 61.9. The van der Waals surface area contributed by atoms with Crippen LogP contribution in [0.5, 0.6) is 0 Å². The van der Waals surface area contributed by atoms with Crippen LogP contribution in [0.3, 0.4) is 0 Å². The van der Waals surface area contributed by atoms with Crippen molar-refractivity contribution in [2.24, 2.45) is 0 Å². The van der Waals surface area contributed by atoms with Gasteiger partial charge in [-0.05, 0) is 148 Å². The number of rotatable bonds is 56. The van der Waals surface area contributed by atoms with E-state index >= 15 is 0 Å². The van der Waals surface area contributed by atoms with Gasteiger partial charge in [-0.25, -0.2) is 4.79 Å². The van der Waals surface area contributed by atoms with Crippen LogP contribution in [0, 0.1) is 0 Å². The SMILES string of the molecule is CC/C=C\C/C=C\C/C=C\C/C=C\C/C=C\C/C=C\C/C=C\C/C=C\C/C=C\C/C=C\C/C=C\C/C=C\CCCCC(=O)OC(COC(=O)CCCCCCC/C=C\C/C=C\C/C=C\C/C=C\C/C=C\CC)COC(OCC[N+](C)(C)C)C(=O)O. The number of hydrogen-bond acceptors (Lipinski definition) is 7. The highest BCUT2D eigenvalue weighted by Gasteiger charge is 2.25. The fraction of sp³-hybridized carbons (Fsp3) is 0.513. The van der Waals surface area contributed by atoms with Crippen molar-refractivity contribution in [1.29, 1.82) is 0 Å². The Morgan fingerprint density at radius 3 is 0.965 bits per heavy atom. The molecule has 1 N–H and O–H groups in total. The van der Waals surface area contributed by atoms with Gasteiger partial charge in [0.05, 0.1) is 34.4 Å². The number of carboxylic acids is 1. The Labute approximate surface area is 518 Å². The summed E-state index contributed by atoms with van der Waals surface area (Å²) in [6.45, 7) is 4.53.